The summed E-state index contributed by atoms with van der Waals surface area (Å²) in [5.74, 6) is 0.143. The predicted molar refractivity (Wildman–Crippen MR) is 174 cm³/mol. The number of benzene rings is 3. The molecule has 5 nitrogen and oxygen atoms in total. The summed E-state index contributed by atoms with van der Waals surface area (Å²) in [7, 11) is 0. The van der Waals surface area contributed by atoms with Gasteiger partial charge in [-0.1, -0.05) is 70.1 Å². The Morgan fingerprint density at radius 3 is 1.80 bits per heavy atom. The van der Waals surface area contributed by atoms with E-state index in [1.807, 2.05) is 12.1 Å². The molecule has 0 radical (unpaired) electrons. The van der Waals surface area contributed by atoms with Crippen molar-refractivity contribution < 1.29 is 4.79 Å². The summed E-state index contributed by atoms with van der Waals surface area (Å²) in [5.41, 5.74) is 10.4. The Bertz CT molecular complexity index is 1330. The van der Waals surface area contributed by atoms with Crippen molar-refractivity contribution >= 4 is 28.7 Å². The largest absolute Gasteiger partial charge is 0.385 e. The van der Waals surface area contributed by atoms with Gasteiger partial charge in [-0.3, -0.25) is 4.79 Å². The van der Waals surface area contributed by atoms with Gasteiger partial charge in [0.05, 0.1) is 0 Å². The molecule has 1 amide bonds. The maximum absolute atomic E-state index is 14.3. The van der Waals surface area contributed by atoms with Crippen molar-refractivity contribution in [3.8, 4) is 0 Å². The molecule has 0 aliphatic carbocycles. The highest BCUT2D eigenvalue weighted by Gasteiger charge is 2.55. The van der Waals surface area contributed by atoms with Crippen LogP contribution in [0.25, 0.3) is 0 Å². The van der Waals surface area contributed by atoms with Gasteiger partial charge in [-0.25, -0.2) is 0 Å². The predicted octanol–water partition coefficient (Wildman–Crippen LogP) is 9.11. The van der Waals surface area contributed by atoms with Gasteiger partial charge in [0.25, 0.3) is 5.91 Å². The lowest BCUT2D eigenvalue weighted by molar-refractivity contribution is 0.0672. The number of unbranched alkanes of at least 4 members (excludes halogenated alkanes) is 7. The van der Waals surface area contributed by atoms with E-state index in [4.69, 9.17) is 0 Å². The van der Waals surface area contributed by atoms with Gasteiger partial charge < -0.3 is 20.9 Å². The van der Waals surface area contributed by atoms with Crippen molar-refractivity contribution in [3.05, 3.63) is 81.9 Å². The fourth-order valence-electron chi connectivity index (χ4n) is 6.96. The second kappa shape index (κ2) is 12.6. The fraction of sp³-hybridized carbons (Fsp3) is 0.472. The van der Waals surface area contributed by atoms with E-state index < -0.39 is 5.54 Å². The molecule has 3 N–H and O–H groups in total. The Morgan fingerprint density at radius 1 is 0.707 bits per heavy atom. The molecule has 0 atom stereocenters. The van der Waals surface area contributed by atoms with Crippen molar-refractivity contribution in [3.63, 3.8) is 0 Å². The van der Waals surface area contributed by atoms with Crippen molar-refractivity contribution in [1.29, 1.82) is 0 Å². The molecule has 2 heterocycles. The number of rotatable bonds is 13. The Hall–Kier alpha value is -3.47. The van der Waals surface area contributed by atoms with Crippen molar-refractivity contribution in [2.24, 2.45) is 0 Å². The third-order valence-corrected chi connectivity index (χ3v) is 8.94. The Kier molecular flexibility index (Phi) is 8.91. The van der Waals surface area contributed by atoms with Crippen LogP contribution in [0.4, 0.5) is 22.7 Å². The number of hydrogen-bond donors (Lipinski definition) is 3. The first-order chi connectivity index (χ1) is 20.0. The summed E-state index contributed by atoms with van der Waals surface area (Å²) in [6.45, 7) is 13.3. The first-order valence-electron chi connectivity index (χ1n) is 15.9. The van der Waals surface area contributed by atoms with Crippen LogP contribution in [0, 0.1) is 13.8 Å². The van der Waals surface area contributed by atoms with Gasteiger partial charge in [-0.2, -0.15) is 0 Å². The molecule has 218 valence electrons. The van der Waals surface area contributed by atoms with E-state index in [2.05, 4.69) is 91.9 Å². The summed E-state index contributed by atoms with van der Waals surface area (Å²) in [6.07, 6.45) is 9.95. The van der Waals surface area contributed by atoms with Crippen LogP contribution in [0.2, 0.25) is 0 Å². The molecule has 0 unspecified atom stereocenters. The minimum Gasteiger partial charge on any atom is -0.385 e. The number of anilines is 4. The summed E-state index contributed by atoms with van der Waals surface area (Å²) >= 11 is 0. The van der Waals surface area contributed by atoms with Crippen LogP contribution in [0.1, 0.15) is 110 Å². The fourth-order valence-corrected chi connectivity index (χ4v) is 6.96. The minimum absolute atomic E-state index is 0.143. The van der Waals surface area contributed by atoms with Gasteiger partial charge in [0.15, 0.2) is 0 Å². The van der Waals surface area contributed by atoms with Crippen LogP contribution in [0.5, 0.6) is 0 Å². The third-order valence-electron chi connectivity index (χ3n) is 8.94. The second-order valence-electron chi connectivity index (χ2n) is 11.8. The van der Waals surface area contributed by atoms with Crippen LogP contribution in [0.15, 0.2) is 48.5 Å². The van der Waals surface area contributed by atoms with Gasteiger partial charge in [0.2, 0.25) is 0 Å². The first kappa shape index (κ1) is 29.0. The van der Waals surface area contributed by atoms with Crippen LogP contribution >= 0.6 is 0 Å². The molecule has 5 heteroatoms. The monoisotopic (exact) mass is 552 g/mol. The van der Waals surface area contributed by atoms with Gasteiger partial charge in [0.1, 0.15) is 5.54 Å². The topological polar surface area (TPSA) is 56.4 Å². The Labute approximate surface area is 247 Å². The van der Waals surface area contributed by atoms with Gasteiger partial charge in [0, 0.05) is 59.1 Å². The van der Waals surface area contributed by atoms with E-state index >= 15 is 0 Å². The first-order valence-corrected chi connectivity index (χ1v) is 15.9. The van der Waals surface area contributed by atoms with E-state index in [9.17, 15) is 4.79 Å². The number of nitrogens with one attached hydrogen (secondary N) is 3. The lowest BCUT2D eigenvalue weighted by atomic mass is 9.72. The number of aryl methyl sites for hydroxylation is 2. The molecule has 2 aliphatic heterocycles. The molecular weight excluding hydrogens is 504 g/mol. The van der Waals surface area contributed by atoms with E-state index in [1.165, 1.54) is 49.7 Å². The van der Waals surface area contributed by atoms with Crippen molar-refractivity contribution in [1.82, 2.24) is 4.90 Å². The van der Waals surface area contributed by atoms with Gasteiger partial charge in [-0.15, -0.1) is 0 Å². The average Bonchev–Trinajstić information content (AvgIpc) is 3.21. The molecular formula is C36H48N4O. The molecule has 5 rings (SSSR count). The number of nitrogens with zero attached hydrogens (tertiary/aromatic N) is 1. The SMILES string of the molecule is CCCCCCCCCCN1C(=O)c2ccccc2C12c1cc(C)c(NCC)cc1Nc1cc(NCC)c(C)cc12. The van der Waals surface area contributed by atoms with Crippen LogP contribution in [0.3, 0.4) is 0 Å². The zero-order valence-electron chi connectivity index (χ0n) is 25.8. The van der Waals surface area contributed by atoms with E-state index in [1.54, 1.807) is 0 Å². The summed E-state index contributed by atoms with van der Waals surface area (Å²) in [6, 6.07) is 17.4. The molecule has 3 aromatic rings. The summed E-state index contributed by atoms with van der Waals surface area (Å²) < 4.78 is 0. The Morgan fingerprint density at radius 2 is 1.24 bits per heavy atom. The Balaban J connectivity index is 1.63. The van der Waals surface area contributed by atoms with Gasteiger partial charge in [-0.05, 0) is 81.1 Å². The lowest BCUT2D eigenvalue weighted by Gasteiger charge is -2.46. The second-order valence-corrected chi connectivity index (χ2v) is 11.8. The summed E-state index contributed by atoms with van der Waals surface area (Å²) in [5, 5.41) is 10.9. The molecule has 1 spiro atoms. The minimum atomic E-state index is -0.671. The molecule has 3 aromatic carbocycles. The van der Waals surface area contributed by atoms with Crippen LogP contribution in [-0.4, -0.2) is 30.4 Å². The highest BCUT2D eigenvalue weighted by molar-refractivity contribution is 6.03. The summed E-state index contributed by atoms with van der Waals surface area (Å²) in [4.78, 5) is 16.5. The van der Waals surface area contributed by atoms with Gasteiger partial charge >= 0.3 is 0 Å². The zero-order valence-corrected chi connectivity index (χ0v) is 25.8. The number of fused-ring (bicyclic) bond motifs is 6. The number of carbonyl (C=O) groups excluding carboxylic acids is 1. The quantitative estimate of drug-likeness (QED) is 0.185. The molecule has 2 aliphatic rings. The highest BCUT2D eigenvalue weighted by atomic mass is 16.2. The highest BCUT2D eigenvalue weighted by Crippen LogP contribution is 2.57. The number of hydrogen-bond acceptors (Lipinski definition) is 4. The van der Waals surface area contributed by atoms with E-state index in [-0.39, 0.29) is 5.91 Å². The van der Waals surface area contributed by atoms with E-state index in [0.717, 1.165) is 77.5 Å². The zero-order chi connectivity index (χ0) is 29.0. The maximum Gasteiger partial charge on any atom is 0.255 e. The lowest BCUT2D eigenvalue weighted by Crippen LogP contribution is -2.48. The molecule has 41 heavy (non-hydrogen) atoms. The smallest absolute Gasteiger partial charge is 0.255 e. The molecule has 0 saturated carbocycles. The maximum atomic E-state index is 14.3. The average molecular weight is 553 g/mol. The third kappa shape index (κ3) is 5.20. The van der Waals surface area contributed by atoms with Crippen molar-refractivity contribution in [2.45, 2.75) is 91.5 Å². The van der Waals surface area contributed by atoms with Crippen LogP contribution in [-0.2, 0) is 5.54 Å². The van der Waals surface area contributed by atoms with Crippen molar-refractivity contribution in [2.75, 3.05) is 35.6 Å². The normalized spacial score (nSPS) is 14.5. The van der Waals surface area contributed by atoms with E-state index in [0.29, 0.717) is 0 Å². The molecule has 0 bridgehead atoms. The number of amides is 1. The standard InChI is InChI=1S/C36H48N4O/c1-6-9-10-11-12-13-14-17-20-40-35(41)27-18-15-16-19-28(27)36(40)29-21-25(4)31(37-7-2)23-33(29)39-34-24-32(38-8-3)26(5)22-30(34)36/h15-16,18-19,21-24,37-39H,6-14,17,20H2,1-5H3. The number of carbonyl (C=O) groups is 1. The molecule has 0 aromatic heterocycles. The van der Waals surface area contributed by atoms with Crippen LogP contribution < -0.4 is 16.0 Å². The molecule has 0 fully saturated rings. The molecule has 0 saturated heterocycles.